The van der Waals surface area contributed by atoms with Gasteiger partial charge in [0.1, 0.15) is 11.5 Å². The number of aromatic amines is 1. The van der Waals surface area contributed by atoms with Gasteiger partial charge in [0.05, 0.1) is 23.7 Å². The van der Waals surface area contributed by atoms with Crippen molar-refractivity contribution in [1.29, 1.82) is 0 Å². The number of rotatable bonds is 8. The van der Waals surface area contributed by atoms with Gasteiger partial charge in [-0.2, -0.15) is 5.10 Å². The smallest absolute Gasteiger partial charge is 0.237 e. The Morgan fingerprint density at radius 2 is 1.79 bits per heavy atom. The number of benzene rings is 2. The molecule has 244 valence electrons. The highest BCUT2D eigenvalue weighted by atomic mass is 16.2. The maximum Gasteiger partial charge on any atom is 0.237 e. The van der Waals surface area contributed by atoms with E-state index in [0.29, 0.717) is 37.7 Å². The molecule has 1 saturated heterocycles. The monoisotopic (exact) mass is 641 g/mol. The minimum atomic E-state index is -0.203. The van der Waals surface area contributed by atoms with Gasteiger partial charge in [-0.15, -0.1) is 0 Å². The van der Waals surface area contributed by atoms with Crippen LogP contribution in [-0.4, -0.2) is 84.5 Å². The Morgan fingerprint density at radius 3 is 2.58 bits per heavy atom. The molecule has 1 atom stereocenters. The van der Waals surface area contributed by atoms with E-state index >= 15 is 0 Å². The summed E-state index contributed by atoms with van der Waals surface area (Å²) in [6.45, 7) is 4.98. The van der Waals surface area contributed by atoms with Crippen LogP contribution in [0.5, 0.6) is 0 Å². The van der Waals surface area contributed by atoms with Crippen LogP contribution in [0.25, 0.3) is 39.3 Å². The predicted molar refractivity (Wildman–Crippen MR) is 186 cm³/mol. The number of fused-ring (bicyclic) bond motifs is 1. The highest BCUT2D eigenvalue weighted by molar-refractivity contribution is 5.98. The highest BCUT2D eigenvalue weighted by Gasteiger charge is 2.27. The molecule has 2 aliphatic rings. The minimum Gasteiger partial charge on any atom is -0.338 e. The maximum absolute atomic E-state index is 13.5. The van der Waals surface area contributed by atoms with Gasteiger partial charge >= 0.3 is 0 Å². The van der Waals surface area contributed by atoms with E-state index in [4.69, 9.17) is 0 Å². The van der Waals surface area contributed by atoms with Crippen molar-refractivity contribution in [1.82, 2.24) is 39.9 Å². The van der Waals surface area contributed by atoms with Crippen LogP contribution in [0.4, 0.5) is 5.69 Å². The maximum atomic E-state index is 13.5. The molecule has 0 spiro atoms. The van der Waals surface area contributed by atoms with Crippen LogP contribution in [0, 0.1) is 5.92 Å². The molecule has 2 N–H and O–H groups in total. The number of aromatic nitrogens is 6. The first kappa shape index (κ1) is 31.3. The molecular weight excluding hydrogens is 602 g/mol. The molecule has 0 radical (unpaired) electrons. The molecule has 11 heteroatoms. The van der Waals surface area contributed by atoms with Gasteiger partial charge in [0.25, 0.3) is 0 Å². The summed E-state index contributed by atoms with van der Waals surface area (Å²) in [5.74, 6) is 1.35. The Morgan fingerprint density at radius 1 is 0.958 bits per heavy atom. The van der Waals surface area contributed by atoms with Gasteiger partial charge in [-0.25, -0.2) is 19.9 Å². The summed E-state index contributed by atoms with van der Waals surface area (Å²) in [6, 6.07) is 17.7. The van der Waals surface area contributed by atoms with E-state index in [-0.39, 0.29) is 17.7 Å². The van der Waals surface area contributed by atoms with E-state index in [2.05, 4.69) is 58.6 Å². The molecule has 48 heavy (non-hydrogen) atoms. The number of carbonyl (C=O) groups excluding carboxylic acids is 2. The van der Waals surface area contributed by atoms with E-state index in [1.54, 1.807) is 18.6 Å². The Hall–Kier alpha value is -5.29. The Balaban J connectivity index is 0.957. The quantitative estimate of drug-likeness (QED) is 0.230. The van der Waals surface area contributed by atoms with Crippen molar-refractivity contribution in [2.45, 2.75) is 39.0 Å². The van der Waals surface area contributed by atoms with Crippen molar-refractivity contribution < 1.29 is 9.59 Å². The summed E-state index contributed by atoms with van der Waals surface area (Å²) in [4.78, 5) is 48.6. The van der Waals surface area contributed by atoms with Crippen LogP contribution in [0.3, 0.4) is 0 Å². The molecule has 7 rings (SSSR count). The number of amides is 2. The average Bonchev–Trinajstić information content (AvgIpc) is 3.42. The summed E-state index contributed by atoms with van der Waals surface area (Å²) >= 11 is 0. The number of hydrogen-bond donors (Lipinski definition) is 2. The van der Waals surface area contributed by atoms with Crippen molar-refractivity contribution in [2.24, 2.45) is 5.92 Å². The summed E-state index contributed by atoms with van der Waals surface area (Å²) in [5, 5.41) is 11.6. The van der Waals surface area contributed by atoms with Gasteiger partial charge in [0.2, 0.25) is 11.8 Å². The number of nitrogens with zero attached hydrogens (tertiary/aromatic N) is 7. The lowest BCUT2D eigenvalue weighted by Gasteiger charge is -2.30. The number of H-pyrrole nitrogens is 1. The number of carbonyl (C=O) groups is 2. The third kappa shape index (κ3) is 7.01. The van der Waals surface area contributed by atoms with E-state index in [1.807, 2.05) is 54.3 Å². The van der Waals surface area contributed by atoms with Crippen LogP contribution in [0.15, 0.2) is 79.3 Å². The fraction of sp³-hybridized carbons (Fsp3) is 0.324. The zero-order valence-electron chi connectivity index (χ0n) is 27.1. The highest BCUT2D eigenvalue weighted by Crippen LogP contribution is 2.29. The molecule has 5 heterocycles. The third-order valence-corrected chi connectivity index (χ3v) is 9.22. The molecule has 2 aromatic carbocycles. The first-order valence-electron chi connectivity index (χ1n) is 16.7. The van der Waals surface area contributed by atoms with Crippen molar-refractivity contribution in [3.8, 4) is 22.8 Å². The fourth-order valence-electron chi connectivity index (χ4n) is 6.54. The Kier molecular flexibility index (Phi) is 9.28. The standard InChI is InChI=1S/C37H39N9O2/c1-2-33-38-18-13-32(42-33)35-30-22-29(11-12-31(30)43-44-35)41-37(48)28-6-3-4-19-45(23-28)24-34(47)46-20-14-26(15-21-46)25-7-9-27(10-8-25)36-39-16-5-17-40-36/h5,7-14,16-18,22,28H,2-4,6,15,19-21,23-24H2,1H3,(H,41,48)(H,43,44). The molecule has 1 fully saturated rings. The van der Waals surface area contributed by atoms with E-state index < -0.39 is 0 Å². The lowest BCUT2D eigenvalue weighted by atomic mass is 9.98. The number of likely N-dealkylation sites (tertiary alicyclic amines) is 1. The predicted octanol–water partition coefficient (Wildman–Crippen LogP) is 5.40. The second-order valence-electron chi connectivity index (χ2n) is 12.4. The first-order chi connectivity index (χ1) is 23.5. The average molecular weight is 642 g/mol. The van der Waals surface area contributed by atoms with Gasteiger partial charge in [-0.05, 0) is 67.3 Å². The molecule has 2 aliphatic heterocycles. The summed E-state index contributed by atoms with van der Waals surface area (Å²) in [7, 11) is 0. The summed E-state index contributed by atoms with van der Waals surface area (Å²) in [5.41, 5.74) is 6.44. The van der Waals surface area contributed by atoms with Crippen molar-refractivity contribution in [3.05, 3.63) is 90.7 Å². The van der Waals surface area contributed by atoms with Gasteiger partial charge in [-0.3, -0.25) is 19.6 Å². The van der Waals surface area contributed by atoms with E-state index in [0.717, 1.165) is 77.9 Å². The topological polar surface area (TPSA) is 133 Å². The normalized spacial score (nSPS) is 17.1. The van der Waals surface area contributed by atoms with Crippen LogP contribution in [0.2, 0.25) is 0 Å². The van der Waals surface area contributed by atoms with Crippen molar-refractivity contribution >= 4 is 34.0 Å². The molecular formula is C37H39N9O2. The molecule has 0 aliphatic carbocycles. The lowest BCUT2D eigenvalue weighted by molar-refractivity contribution is -0.132. The van der Waals surface area contributed by atoms with Crippen LogP contribution in [-0.2, 0) is 16.0 Å². The van der Waals surface area contributed by atoms with E-state index in [9.17, 15) is 9.59 Å². The number of nitrogens with one attached hydrogen (secondary N) is 2. The molecule has 2 amide bonds. The Labute approximate surface area is 279 Å². The van der Waals surface area contributed by atoms with Gasteiger partial charge < -0.3 is 10.2 Å². The fourth-order valence-corrected chi connectivity index (χ4v) is 6.54. The molecule has 0 saturated carbocycles. The van der Waals surface area contributed by atoms with Gasteiger partial charge in [0, 0.05) is 61.3 Å². The molecule has 3 aromatic heterocycles. The lowest BCUT2D eigenvalue weighted by Crippen LogP contribution is -2.44. The third-order valence-electron chi connectivity index (χ3n) is 9.22. The molecule has 5 aromatic rings. The number of hydrogen-bond acceptors (Lipinski definition) is 8. The van der Waals surface area contributed by atoms with E-state index in [1.165, 1.54) is 5.57 Å². The SMILES string of the molecule is CCc1nccc(-c2n[nH]c3ccc(NC(=O)C4CCCCN(CC(=O)N5CC=C(c6ccc(-c7ncccn7)cc6)CC5)C4)cc23)n1. The first-order valence-corrected chi connectivity index (χ1v) is 16.7. The van der Waals surface area contributed by atoms with Crippen LogP contribution >= 0.6 is 0 Å². The number of anilines is 1. The Bertz CT molecular complexity index is 1940. The van der Waals surface area contributed by atoms with Crippen molar-refractivity contribution in [3.63, 3.8) is 0 Å². The molecule has 1 unspecified atom stereocenters. The summed E-state index contributed by atoms with van der Waals surface area (Å²) in [6.07, 6.45) is 11.6. The zero-order valence-corrected chi connectivity index (χ0v) is 27.1. The number of aryl methyl sites for hydroxylation is 1. The van der Waals surface area contributed by atoms with Crippen LogP contribution in [0.1, 0.15) is 44.0 Å². The second kappa shape index (κ2) is 14.2. The van der Waals surface area contributed by atoms with Crippen LogP contribution < -0.4 is 5.32 Å². The minimum absolute atomic E-state index is 0.0237. The summed E-state index contributed by atoms with van der Waals surface area (Å²) < 4.78 is 0. The largest absolute Gasteiger partial charge is 0.338 e. The van der Waals surface area contributed by atoms with Gasteiger partial charge in [0.15, 0.2) is 5.82 Å². The van der Waals surface area contributed by atoms with Gasteiger partial charge in [-0.1, -0.05) is 43.7 Å². The second-order valence-corrected chi connectivity index (χ2v) is 12.4. The van der Waals surface area contributed by atoms with Crippen molar-refractivity contribution in [2.75, 3.05) is 38.0 Å². The molecule has 11 nitrogen and oxygen atoms in total. The molecule has 0 bridgehead atoms. The zero-order chi connectivity index (χ0) is 32.9.